The van der Waals surface area contributed by atoms with Crippen molar-refractivity contribution < 1.29 is 43.7 Å². The highest BCUT2D eigenvalue weighted by molar-refractivity contribution is 7.46. The Morgan fingerprint density at radius 1 is 1.44 bits per heavy atom. The van der Waals surface area contributed by atoms with E-state index in [1.807, 2.05) is 0 Å². The number of hydrogen-bond donors (Lipinski definition) is 5. The lowest BCUT2D eigenvalue weighted by Gasteiger charge is -2.17. The average molecular weight is 256 g/mol. The summed E-state index contributed by atoms with van der Waals surface area (Å²) in [5, 5.41) is 27.2. The van der Waals surface area contributed by atoms with Gasteiger partial charge in [0.15, 0.2) is 11.9 Å². The van der Waals surface area contributed by atoms with Crippen molar-refractivity contribution in [2.75, 3.05) is 6.61 Å². The molecule has 0 spiro atoms. The summed E-state index contributed by atoms with van der Waals surface area (Å²) in [6, 6.07) is 0. The summed E-state index contributed by atoms with van der Waals surface area (Å²) in [6.07, 6.45) is -3.31. The van der Waals surface area contributed by atoms with E-state index in [2.05, 4.69) is 9.26 Å². The largest absolute Gasteiger partial charge is 0.505 e. The molecule has 0 aromatic heterocycles. The summed E-state index contributed by atoms with van der Waals surface area (Å²) in [5.74, 6) is -3.20. The van der Waals surface area contributed by atoms with Crippen molar-refractivity contribution in [1.29, 1.82) is 0 Å². The van der Waals surface area contributed by atoms with Crippen LogP contribution in [0.2, 0.25) is 0 Å². The lowest BCUT2D eigenvalue weighted by molar-refractivity contribution is -0.147. The summed E-state index contributed by atoms with van der Waals surface area (Å²) in [5.41, 5.74) is 0. The van der Waals surface area contributed by atoms with Gasteiger partial charge in [0.1, 0.15) is 6.10 Å². The van der Waals surface area contributed by atoms with Gasteiger partial charge in [-0.2, -0.15) is 0 Å². The van der Waals surface area contributed by atoms with Gasteiger partial charge in [-0.3, -0.25) is 4.52 Å². The summed E-state index contributed by atoms with van der Waals surface area (Å²) in [6.45, 7) is -0.875. The number of aliphatic hydroxyl groups excluding tert-OH is 3. The Hall–Kier alpha value is -1.12. The molecule has 0 saturated heterocycles. The van der Waals surface area contributed by atoms with Crippen molar-refractivity contribution >= 4 is 13.8 Å². The minimum atomic E-state index is -4.77. The molecule has 0 bridgehead atoms. The van der Waals surface area contributed by atoms with E-state index in [-0.39, 0.29) is 0 Å². The van der Waals surface area contributed by atoms with Gasteiger partial charge in [0, 0.05) is 0 Å². The fourth-order valence-corrected chi connectivity index (χ4v) is 1.33. The third-order valence-electron chi connectivity index (χ3n) is 1.70. The van der Waals surface area contributed by atoms with Gasteiger partial charge in [-0.1, -0.05) is 0 Å². The Morgan fingerprint density at radius 2 is 2.00 bits per heavy atom. The number of phosphoric ester groups is 1. The fraction of sp³-hybridized carbons (Fsp3) is 0.500. The zero-order chi connectivity index (χ0) is 12.5. The number of hydrogen-bond acceptors (Lipinski definition) is 7. The first-order chi connectivity index (χ1) is 7.22. The molecule has 0 aromatic rings. The Labute approximate surface area is 88.8 Å². The molecule has 1 unspecified atom stereocenters. The van der Waals surface area contributed by atoms with Crippen molar-refractivity contribution in [2.45, 2.75) is 12.2 Å². The lowest BCUT2D eigenvalue weighted by atomic mass is 10.2. The number of rotatable bonds is 4. The Bertz CT molecular complexity index is 368. The second kappa shape index (κ2) is 4.40. The molecule has 1 rings (SSSR count). The van der Waals surface area contributed by atoms with Crippen LogP contribution in [0.5, 0.6) is 0 Å². The van der Waals surface area contributed by atoms with Gasteiger partial charge in [-0.25, -0.2) is 9.36 Å². The highest BCUT2D eigenvalue weighted by Crippen LogP contribution is 2.36. The number of phosphoric acid groups is 1. The number of aliphatic hydroxyl groups is 3. The minimum absolute atomic E-state index is 0.875. The predicted octanol–water partition coefficient (Wildman–Crippen LogP) is -1.29. The maximum Gasteiger partial charge on any atom is 0.469 e. The number of carbonyl (C=O) groups excluding carboxylic acids is 1. The highest BCUT2D eigenvalue weighted by Gasteiger charge is 2.39. The smallest absolute Gasteiger partial charge is 0.469 e. The minimum Gasteiger partial charge on any atom is -0.505 e. The van der Waals surface area contributed by atoms with Crippen molar-refractivity contribution in [3.63, 3.8) is 0 Å². The summed E-state index contributed by atoms with van der Waals surface area (Å²) >= 11 is 0. The standard InChI is InChI=1S/C6H9O9P/c7-2(1-14-16(11,12)13)5-3(8)4(9)6(10)15-5/h2,5,7-9H,1H2,(H2,11,12,13)/t2?,5-/m0/s1. The monoisotopic (exact) mass is 256 g/mol. The molecule has 0 amide bonds. The van der Waals surface area contributed by atoms with Crippen LogP contribution in [0.3, 0.4) is 0 Å². The van der Waals surface area contributed by atoms with E-state index >= 15 is 0 Å². The SMILES string of the molecule is O=C1O[C@@H](C(O)COP(=O)(O)O)C(O)=C1O. The highest BCUT2D eigenvalue weighted by atomic mass is 31.2. The Morgan fingerprint density at radius 3 is 2.38 bits per heavy atom. The van der Waals surface area contributed by atoms with Crippen LogP contribution >= 0.6 is 7.82 Å². The third kappa shape index (κ3) is 2.94. The molecule has 10 heteroatoms. The molecule has 1 aliphatic heterocycles. The van der Waals surface area contributed by atoms with Crippen LogP contribution in [0.15, 0.2) is 11.5 Å². The molecule has 1 aliphatic rings. The molecule has 9 nitrogen and oxygen atoms in total. The van der Waals surface area contributed by atoms with Crippen LogP contribution in [-0.4, -0.2) is 49.9 Å². The molecule has 0 radical (unpaired) electrons. The van der Waals surface area contributed by atoms with E-state index < -0.39 is 44.1 Å². The van der Waals surface area contributed by atoms with Crippen LogP contribution in [0, 0.1) is 0 Å². The Kier molecular flexibility index (Phi) is 3.56. The molecular weight excluding hydrogens is 247 g/mol. The van der Waals surface area contributed by atoms with Crippen LogP contribution in [0.4, 0.5) is 0 Å². The van der Waals surface area contributed by atoms with Crippen molar-refractivity contribution in [1.82, 2.24) is 0 Å². The quantitative estimate of drug-likeness (QED) is 0.305. The molecule has 1 heterocycles. The summed E-state index contributed by atoms with van der Waals surface area (Å²) in [4.78, 5) is 27.4. The number of ether oxygens (including phenoxy) is 1. The topological polar surface area (TPSA) is 154 Å². The van der Waals surface area contributed by atoms with Crippen molar-refractivity contribution in [3.8, 4) is 0 Å². The first-order valence-electron chi connectivity index (χ1n) is 3.93. The first-order valence-corrected chi connectivity index (χ1v) is 5.46. The normalized spacial score (nSPS) is 23.4. The van der Waals surface area contributed by atoms with E-state index in [0.717, 1.165) is 0 Å². The molecule has 5 N–H and O–H groups in total. The third-order valence-corrected chi connectivity index (χ3v) is 2.19. The van der Waals surface area contributed by atoms with Gasteiger partial charge in [0.2, 0.25) is 5.76 Å². The van der Waals surface area contributed by atoms with Crippen molar-refractivity contribution in [2.24, 2.45) is 0 Å². The summed E-state index contributed by atoms with van der Waals surface area (Å²) in [7, 11) is -4.77. The fourth-order valence-electron chi connectivity index (χ4n) is 0.988. The van der Waals surface area contributed by atoms with E-state index in [1.54, 1.807) is 0 Å². The molecule has 0 saturated carbocycles. The molecule has 2 atom stereocenters. The van der Waals surface area contributed by atoms with E-state index in [4.69, 9.17) is 20.0 Å². The molecule has 0 fully saturated rings. The van der Waals surface area contributed by atoms with Crippen LogP contribution in [-0.2, 0) is 18.6 Å². The predicted molar refractivity (Wildman–Crippen MR) is 46.2 cm³/mol. The number of esters is 1. The zero-order valence-corrected chi connectivity index (χ0v) is 8.57. The van der Waals surface area contributed by atoms with Crippen molar-refractivity contribution in [3.05, 3.63) is 11.5 Å². The second-order valence-electron chi connectivity index (χ2n) is 2.91. The van der Waals surface area contributed by atoms with E-state index in [0.29, 0.717) is 0 Å². The molecule has 0 aliphatic carbocycles. The first kappa shape index (κ1) is 12.9. The zero-order valence-electron chi connectivity index (χ0n) is 7.68. The van der Waals surface area contributed by atoms with Gasteiger partial charge >= 0.3 is 13.8 Å². The van der Waals surface area contributed by atoms with Gasteiger partial charge in [-0.15, -0.1) is 0 Å². The molecule has 0 aromatic carbocycles. The van der Waals surface area contributed by atoms with Crippen LogP contribution < -0.4 is 0 Å². The van der Waals surface area contributed by atoms with Gasteiger partial charge < -0.3 is 29.8 Å². The maximum atomic E-state index is 10.7. The number of cyclic esters (lactones) is 1. The van der Waals surface area contributed by atoms with Crippen LogP contribution in [0.25, 0.3) is 0 Å². The summed E-state index contributed by atoms with van der Waals surface area (Å²) < 4.78 is 18.5. The van der Waals surface area contributed by atoms with Gasteiger partial charge in [-0.05, 0) is 0 Å². The van der Waals surface area contributed by atoms with E-state index in [1.165, 1.54) is 0 Å². The molecular formula is C6H9O9P. The van der Waals surface area contributed by atoms with Crippen LogP contribution in [0.1, 0.15) is 0 Å². The molecule has 92 valence electrons. The Balaban J connectivity index is 2.61. The number of carbonyl (C=O) groups is 1. The second-order valence-corrected chi connectivity index (χ2v) is 4.15. The molecule has 16 heavy (non-hydrogen) atoms. The lowest BCUT2D eigenvalue weighted by Crippen LogP contribution is -2.32. The maximum absolute atomic E-state index is 10.7. The van der Waals surface area contributed by atoms with Gasteiger partial charge in [0.25, 0.3) is 0 Å². The van der Waals surface area contributed by atoms with E-state index in [9.17, 15) is 14.5 Å². The average Bonchev–Trinajstić information content (AvgIpc) is 2.41. The van der Waals surface area contributed by atoms with Gasteiger partial charge in [0.05, 0.1) is 6.61 Å².